The van der Waals surface area contributed by atoms with Crippen LogP contribution in [-0.2, 0) is 9.59 Å². The Morgan fingerprint density at radius 3 is 2.42 bits per heavy atom. The number of halogens is 2. The standard InChI is InChI=1S/C19H16Cl2N2O3/c1-26-12-5-2-10(3-6-12)16-9-13(17(18(22)24)19(25)23-16)11-4-7-14(20)15(21)8-11/h2-8,13,17H,9H2,1H3,(H2,22,24). The number of ether oxygens (including phenoxy) is 1. The van der Waals surface area contributed by atoms with E-state index in [-0.39, 0.29) is 0 Å². The molecule has 0 aliphatic carbocycles. The maximum Gasteiger partial charge on any atom is 0.259 e. The Morgan fingerprint density at radius 2 is 1.85 bits per heavy atom. The monoisotopic (exact) mass is 390 g/mol. The average molecular weight is 391 g/mol. The zero-order valence-electron chi connectivity index (χ0n) is 13.9. The largest absolute Gasteiger partial charge is 0.497 e. The van der Waals surface area contributed by atoms with Crippen molar-refractivity contribution >= 4 is 40.7 Å². The second kappa shape index (κ2) is 7.48. The summed E-state index contributed by atoms with van der Waals surface area (Å²) in [6.07, 6.45) is 0.379. The van der Waals surface area contributed by atoms with E-state index in [0.29, 0.717) is 27.9 Å². The predicted octanol–water partition coefficient (Wildman–Crippen LogP) is 3.61. The Labute approximate surface area is 160 Å². The Balaban J connectivity index is 2.01. The first-order chi connectivity index (χ1) is 12.4. The van der Waals surface area contributed by atoms with Gasteiger partial charge in [0.05, 0.1) is 22.9 Å². The fourth-order valence-corrected chi connectivity index (χ4v) is 3.39. The molecular formula is C19H16Cl2N2O3. The second-order valence-electron chi connectivity index (χ2n) is 5.99. The van der Waals surface area contributed by atoms with Gasteiger partial charge in [0, 0.05) is 5.92 Å². The summed E-state index contributed by atoms with van der Waals surface area (Å²) in [7, 11) is 1.58. The lowest BCUT2D eigenvalue weighted by Crippen LogP contribution is -2.39. The number of amides is 2. The summed E-state index contributed by atoms with van der Waals surface area (Å²) in [6.45, 7) is 0. The quantitative estimate of drug-likeness (QED) is 0.809. The van der Waals surface area contributed by atoms with Gasteiger partial charge in [0.1, 0.15) is 11.7 Å². The minimum atomic E-state index is -1.03. The summed E-state index contributed by atoms with van der Waals surface area (Å²) < 4.78 is 5.15. The highest BCUT2D eigenvalue weighted by molar-refractivity contribution is 6.42. The van der Waals surface area contributed by atoms with Crippen LogP contribution in [0.4, 0.5) is 0 Å². The smallest absolute Gasteiger partial charge is 0.259 e. The lowest BCUT2D eigenvalue weighted by Gasteiger charge is -2.28. The number of hydrogen-bond donors (Lipinski definition) is 1. The van der Waals surface area contributed by atoms with E-state index in [4.69, 9.17) is 33.7 Å². The van der Waals surface area contributed by atoms with Crippen molar-refractivity contribution in [2.75, 3.05) is 7.11 Å². The topological polar surface area (TPSA) is 81.8 Å². The molecule has 0 saturated carbocycles. The fourth-order valence-electron chi connectivity index (χ4n) is 3.09. The number of methoxy groups -OCH3 is 1. The van der Waals surface area contributed by atoms with Gasteiger partial charge in [-0.05, 0) is 53.9 Å². The molecule has 2 aromatic rings. The normalized spacial score (nSPS) is 19.8. The highest BCUT2D eigenvalue weighted by atomic mass is 35.5. The molecule has 7 heteroatoms. The molecule has 1 aliphatic heterocycles. The van der Waals surface area contributed by atoms with Gasteiger partial charge in [0.2, 0.25) is 5.91 Å². The predicted molar refractivity (Wildman–Crippen MR) is 101 cm³/mol. The number of carbonyl (C=O) groups is 2. The zero-order valence-corrected chi connectivity index (χ0v) is 15.4. The van der Waals surface area contributed by atoms with Crippen molar-refractivity contribution in [1.29, 1.82) is 0 Å². The van der Waals surface area contributed by atoms with Crippen LogP contribution in [0.2, 0.25) is 10.0 Å². The zero-order chi connectivity index (χ0) is 18.8. The number of primary amides is 1. The Bertz CT molecular complexity index is 894. The molecule has 3 rings (SSSR count). The van der Waals surface area contributed by atoms with E-state index < -0.39 is 23.7 Å². The van der Waals surface area contributed by atoms with Crippen LogP contribution in [0.5, 0.6) is 5.75 Å². The van der Waals surface area contributed by atoms with Gasteiger partial charge in [-0.25, -0.2) is 4.99 Å². The van der Waals surface area contributed by atoms with Gasteiger partial charge < -0.3 is 10.5 Å². The highest BCUT2D eigenvalue weighted by Crippen LogP contribution is 2.37. The summed E-state index contributed by atoms with van der Waals surface area (Å²) in [4.78, 5) is 28.5. The van der Waals surface area contributed by atoms with Crippen molar-refractivity contribution in [3.63, 3.8) is 0 Å². The van der Waals surface area contributed by atoms with Gasteiger partial charge in [-0.2, -0.15) is 0 Å². The van der Waals surface area contributed by atoms with Crippen LogP contribution in [-0.4, -0.2) is 24.6 Å². The molecule has 0 radical (unpaired) electrons. The average Bonchev–Trinajstić information content (AvgIpc) is 2.63. The van der Waals surface area contributed by atoms with Crippen LogP contribution in [0.1, 0.15) is 23.5 Å². The summed E-state index contributed by atoms with van der Waals surface area (Å²) in [5, 5.41) is 0.755. The lowest BCUT2D eigenvalue weighted by atomic mass is 9.78. The Hall–Kier alpha value is -2.37. The molecule has 2 unspecified atom stereocenters. The second-order valence-corrected chi connectivity index (χ2v) is 6.80. The van der Waals surface area contributed by atoms with Crippen molar-refractivity contribution in [2.24, 2.45) is 16.6 Å². The molecule has 0 saturated heterocycles. The van der Waals surface area contributed by atoms with Crippen molar-refractivity contribution in [3.8, 4) is 5.75 Å². The van der Waals surface area contributed by atoms with E-state index in [9.17, 15) is 9.59 Å². The van der Waals surface area contributed by atoms with Gasteiger partial charge in [-0.1, -0.05) is 29.3 Å². The molecule has 0 bridgehead atoms. The van der Waals surface area contributed by atoms with Gasteiger partial charge in [-0.15, -0.1) is 0 Å². The van der Waals surface area contributed by atoms with Crippen LogP contribution in [0.25, 0.3) is 0 Å². The molecule has 5 nitrogen and oxygen atoms in total. The van der Waals surface area contributed by atoms with E-state index in [1.165, 1.54) is 0 Å². The van der Waals surface area contributed by atoms with E-state index in [1.807, 2.05) is 12.1 Å². The van der Waals surface area contributed by atoms with Gasteiger partial charge in [0.25, 0.3) is 5.91 Å². The van der Waals surface area contributed by atoms with Crippen molar-refractivity contribution in [1.82, 2.24) is 0 Å². The first-order valence-corrected chi connectivity index (χ1v) is 8.66. The summed E-state index contributed by atoms with van der Waals surface area (Å²) in [6, 6.07) is 12.3. The molecule has 2 atom stereocenters. The number of carbonyl (C=O) groups excluding carboxylic acids is 2. The minimum absolute atomic E-state index is 0.355. The third-order valence-electron chi connectivity index (χ3n) is 4.43. The SMILES string of the molecule is COc1ccc(C2=NC(=O)C(C(N)=O)C(c3ccc(Cl)c(Cl)c3)C2)cc1. The third kappa shape index (κ3) is 3.59. The molecule has 1 heterocycles. The molecular weight excluding hydrogens is 375 g/mol. The van der Waals surface area contributed by atoms with Crippen molar-refractivity contribution in [2.45, 2.75) is 12.3 Å². The molecule has 2 aromatic carbocycles. The minimum Gasteiger partial charge on any atom is -0.497 e. The van der Waals surface area contributed by atoms with Crippen LogP contribution >= 0.6 is 23.2 Å². The van der Waals surface area contributed by atoms with Gasteiger partial charge in [0.15, 0.2) is 0 Å². The lowest BCUT2D eigenvalue weighted by molar-refractivity contribution is -0.132. The van der Waals surface area contributed by atoms with E-state index in [0.717, 1.165) is 11.1 Å². The van der Waals surface area contributed by atoms with E-state index >= 15 is 0 Å². The molecule has 0 fully saturated rings. The Kier molecular flexibility index (Phi) is 5.30. The van der Waals surface area contributed by atoms with Gasteiger partial charge >= 0.3 is 0 Å². The maximum atomic E-state index is 12.5. The Morgan fingerprint density at radius 1 is 1.15 bits per heavy atom. The maximum absolute atomic E-state index is 12.5. The molecule has 26 heavy (non-hydrogen) atoms. The first-order valence-electron chi connectivity index (χ1n) is 7.91. The fraction of sp³-hybridized carbons (Fsp3) is 0.211. The number of rotatable bonds is 4. The highest BCUT2D eigenvalue weighted by Gasteiger charge is 2.39. The number of nitrogens with two attached hydrogens (primary N) is 1. The van der Waals surface area contributed by atoms with E-state index in [2.05, 4.69) is 4.99 Å². The molecule has 0 aromatic heterocycles. The van der Waals surface area contributed by atoms with E-state index in [1.54, 1.807) is 37.4 Å². The summed E-state index contributed by atoms with van der Waals surface area (Å²) >= 11 is 12.1. The molecule has 2 N–H and O–H groups in total. The molecule has 134 valence electrons. The number of nitrogens with zero attached hydrogens (tertiary/aromatic N) is 1. The van der Waals surface area contributed by atoms with Crippen molar-refractivity contribution in [3.05, 3.63) is 63.6 Å². The first kappa shape index (κ1) is 18.4. The molecule has 2 amide bonds. The van der Waals surface area contributed by atoms with Gasteiger partial charge in [-0.3, -0.25) is 9.59 Å². The number of benzene rings is 2. The molecule has 1 aliphatic rings. The summed E-state index contributed by atoms with van der Waals surface area (Å²) in [5.41, 5.74) is 7.56. The van der Waals surface area contributed by atoms with Crippen molar-refractivity contribution < 1.29 is 14.3 Å². The van der Waals surface area contributed by atoms with Crippen LogP contribution < -0.4 is 10.5 Å². The third-order valence-corrected chi connectivity index (χ3v) is 5.17. The van der Waals surface area contributed by atoms with Crippen LogP contribution in [0.15, 0.2) is 47.5 Å². The van der Waals surface area contributed by atoms with Crippen LogP contribution in [0.3, 0.4) is 0 Å². The summed E-state index contributed by atoms with van der Waals surface area (Å²) in [5.74, 6) is -2.04. The van der Waals surface area contributed by atoms with Crippen LogP contribution in [0, 0.1) is 5.92 Å². The number of aliphatic imine (C=N–C) groups is 1. The molecule has 0 spiro atoms. The number of hydrogen-bond acceptors (Lipinski definition) is 3.